The molecule has 0 N–H and O–H groups in total. The Morgan fingerprint density at radius 1 is 1.11 bits per heavy atom. The molecule has 1 aromatic carbocycles. The van der Waals surface area contributed by atoms with Crippen LogP contribution >= 0.6 is 34.8 Å². The average molecular weight is 312 g/mol. The zero-order chi connectivity index (χ0) is 14.0. The van der Waals surface area contributed by atoms with Gasteiger partial charge < -0.3 is 0 Å². The maximum absolute atomic E-state index is 8.81. The van der Waals surface area contributed by atoms with Gasteiger partial charge in [-0.05, 0) is 36.2 Å². The SMILES string of the molecule is Cc1cnc(-c2cc(Cl)c(Cl)cc2Cl)cc1CC#N. The van der Waals surface area contributed by atoms with Crippen LogP contribution in [0.25, 0.3) is 11.3 Å². The predicted octanol–water partition coefficient (Wildman–Crippen LogP) is 5.08. The summed E-state index contributed by atoms with van der Waals surface area (Å²) in [5.41, 5.74) is 3.28. The highest BCUT2D eigenvalue weighted by atomic mass is 35.5. The van der Waals surface area contributed by atoms with Gasteiger partial charge in [0, 0.05) is 11.8 Å². The Morgan fingerprint density at radius 3 is 2.47 bits per heavy atom. The minimum Gasteiger partial charge on any atom is -0.256 e. The molecule has 0 saturated heterocycles. The summed E-state index contributed by atoms with van der Waals surface area (Å²) in [6.45, 7) is 1.92. The van der Waals surface area contributed by atoms with Crippen LogP contribution in [0.2, 0.25) is 15.1 Å². The van der Waals surface area contributed by atoms with Crippen molar-refractivity contribution in [3.8, 4) is 17.3 Å². The molecule has 2 rings (SSSR count). The van der Waals surface area contributed by atoms with E-state index in [0.29, 0.717) is 32.7 Å². The third kappa shape index (κ3) is 3.01. The Bertz CT molecular complexity index is 675. The maximum Gasteiger partial charge on any atom is 0.0720 e. The second-order valence-corrected chi connectivity index (χ2v) is 5.30. The minimum atomic E-state index is 0.334. The lowest BCUT2D eigenvalue weighted by Crippen LogP contribution is -1.93. The van der Waals surface area contributed by atoms with Gasteiger partial charge in [0.15, 0.2) is 0 Å². The summed E-state index contributed by atoms with van der Waals surface area (Å²) in [5.74, 6) is 0. The Labute approximate surface area is 126 Å². The second-order valence-electron chi connectivity index (χ2n) is 4.08. The predicted molar refractivity (Wildman–Crippen MR) is 78.8 cm³/mol. The van der Waals surface area contributed by atoms with Crippen molar-refractivity contribution in [2.24, 2.45) is 0 Å². The van der Waals surface area contributed by atoms with Crippen molar-refractivity contribution in [3.05, 3.63) is 50.6 Å². The van der Waals surface area contributed by atoms with Gasteiger partial charge in [-0.1, -0.05) is 34.8 Å². The molecule has 0 unspecified atom stereocenters. The second kappa shape index (κ2) is 5.79. The van der Waals surface area contributed by atoms with Crippen molar-refractivity contribution in [3.63, 3.8) is 0 Å². The van der Waals surface area contributed by atoms with Crippen LogP contribution < -0.4 is 0 Å². The van der Waals surface area contributed by atoms with Crippen molar-refractivity contribution in [2.75, 3.05) is 0 Å². The molecule has 0 atom stereocenters. The summed E-state index contributed by atoms with van der Waals surface area (Å²) in [5, 5.41) is 10.1. The summed E-state index contributed by atoms with van der Waals surface area (Å²) < 4.78 is 0. The van der Waals surface area contributed by atoms with E-state index < -0.39 is 0 Å². The third-order valence-corrected chi connectivity index (χ3v) is 3.81. The minimum absolute atomic E-state index is 0.334. The number of aromatic nitrogens is 1. The summed E-state index contributed by atoms with van der Waals surface area (Å²) >= 11 is 18.1. The van der Waals surface area contributed by atoms with E-state index >= 15 is 0 Å². The fourth-order valence-corrected chi connectivity index (χ4v) is 2.35. The van der Waals surface area contributed by atoms with Gasteiger partial charge in [-0.2, -0.15) is 5.26 Å². The fourth-order valence-electron chi connectivity index (χ4n) is 1.71. The number of nitrogens with zero attached hydrogens (tertiary/aromatic N) is 2. The molecular formula is C14H9Cl3N2. The van der Waals surface area contributed by atoms with Gasteiger partial charge in [0.25, 0.3) is 0 Å². The molecule has 0 aliphatic rings. The van der Waals surface area contributed by atoms with E-state index in [1.165, 1.54) is 0 Å². The molecule has 5 heteroatoms. The molecule has 1 heterocycles. The molecule has 0 radical (unpaired) electrons. The molecule has 0 aliphatic carbocycles. The van der Waals surface area contributed by atoms with Crippen LogP contribution in [-0.4, -0.2) is 4.98 Å². The van der Waals surface area contributed by atoms with E-state index in [1.54, 1.807) is 18.3 Å². The molecule has 2 aromatic rings. The topological polar surface area (TPSA) is 36.7 Å². The zero-order valence-corrected chi connectivity index (χ0v) is 12.3. The van der Waals surface area contributed by atoms with E-state index in [4.69, 9.17) is 40.1 Å². The summed E-state index contributed by atoms with van der Waals surface area (Å²) in [6.07, 6.45) is 2.06. The number of pyridine rings is 1. The van der Waals surface area contributed by atoms with Crippen molar-refractivity contribution in [2.45, 2.75) is 13.3 Å². The van der Waals surface area contributed by atoms with Crippen LogP contribution in [-0.2, 0) is 6.42 Å². The van der Waals surface area contributed by atoms with Crippen molar-refractivity contribution in [1.82, 2.24) is 4.98 Å². The molecule has 0 aliphatic heterocycles. The molecule has 0 bridgehead atoms. The standard InChI is InChI=1S/C14H9Cl3N2/c1-8-7-19-14(4-9(8)2-3-18)10-5-12(16)13(17)6-11(10)15/h4-7H,2H2,1H3. The number of aryl methyl sites for hydroxylation is 1. The molecule has 0 saturated carbocycles. The summed E-state index contributed by atoms with van der Waals surface area (Å²) in [7, 11) is 0. The number of hydrogen-bond acceptors (Lipinski definition) is 2. The van der Waals surface area contributed by atoms with Gasteiger partial charge in [0.2, 0.25) is 0 Å². The van der Waals surface area contributed by atoms with E-state index in [2.05, 4.69) is 11.1 Å². The molecule has 2 nitrogen and oxygen atoms in total. The van der Waals surface area contributed by atoms with Gasteiger partial charge in [0.05, 0.1) is 33.3 Å². The lowest BCUT2D eigenvalue weighted by molar-refractivity contribution is 1.16. The van der Waals surface area contributed by atoms with Gasteiger partial charge in [-0.25, -0.2) is 0 Å². The van der Waals surface area contributed by atoms with Crippen LogP contribution in [0.4, 0.5) is 0 Å². The Balaban J connectivity index is 2.57. The van der Waals surface area contributed by atoms with Crippen LogP contribution in [0.5, 0.6) is 0 Å². The number of nitriles is 1. The van der Waals surface area contributed by atoms with Gasteiger partial charge in [-0.15, -0.1) is 0 Å². The smallest absolute Gasteiger partial charge is 0.0720 e. The Hall–Kier alpha value is -1.27. The van der Waals surface area contributed by atoms with E-state index in [-0.39, 0.29) is 0 Å². The van der Waals surface area contributed by atoms with Gasteiger partial charge in [0.1, 0.15) is 0 Å². The number of benzene rings is 1. The average Bonchev–Trinajstić information content (AvgIpc) is 2.37. The van der Waals surface area contributed by atoms with Crippen LogP contribution in [0.1, 0.15) is 11.1 Å². The molecule has 1 aromatic heterocycles. The lowest BCUT2D eigenvalue weighted by atomic mass is 10.0. The number of halogens is 3. The van der Waals surface area contributed by atoms with Crippen molar-refractivity contribution >= 4 is 34.8 Å². The Morgan fingerprint density at radius 2 is 1.79 bits per heavy atom. The first-order valence-electron chi connectivity index (χ1n) is 5.50. The van der Waals surface area contributed by atoms with Crippen LogP contribution in [0.3, 0.4) is 0 Å². The first kappa shape index (κ1) is 14.1. The summed E-state index contributed by atoms with van der Waals surface area (Å²) in [4.78, 5) is 4.33. The molecule has 19 heavy (non-hydrogen) atoms. The van der Waals surface area contributed by atoms with E-state index in [1.807, 2.05) is 13.0 Å². The van der Waals surface area contributed by atoms with E-state index in [9.17, 15) is 0 Å². The van der Waals surface area contributed by atoms with E-state index in [0.717, 1.165) is 11.1 Å². The third-order valence-electron chi connectivity index (χ3n) is 2.77. The first-order chi connectivity index (χ1) is 9.02. The van der Waals surface area contributed by atoms with Crippen LogP contribution in [0.15, 0.2) is 24.4 Å². The lowest BCUT2D eigenvalue weighted by Gasteiger charge is -2.08. The highest BCUT2D eigenvalue weighted by Gasteiger charge is 2.11. The zero-order valence-electron chi connectivity index (χ0n) is 10.0. The molecule has 96 valence electrons. The van der Waals surface area contributed by atoms with Gasteiger partial charge in [-0.3, -0.25) is 4.98 Å². The molecule has 0 fully saturated rings. The highest BCUT2D eigenvalue weighted by molar-refractivity contribution is 6.44. The first-order valence-corrected chi connectivity index (χ1v) is 6.63. The number of hydrogen-bond donors (Lipinski definition) is 0. The molecule has 0 amide bonds. The fraction of sp³-hybridized carbons (Fsp3) is 0.143. The summed E-state index contributed by atoms with van der Waals surface area (Å²) in [6, 6.07) is 7.25. The highest BCUT2D eigenvalue weighted by Crippen LogP contribution is 2.34. The Kier molecular flexibility index (Phi) is 4.31. The maximum atomic E-state index is 8.81. The quantitative estimate of drug-likeness (QED) is 0.725. The van der Waals surface area contributed by atoms with Gasteiger partial charge >= 0.3 is 0 Å². The van der Waals surface area contributed by atoms with Crippen molar-refractivity contribution in [1.29, 1.82) is 5.26 Å². The molecule has 0 spiro atoms. The largest absolute Gasteiger partial charge is 0.256 e. The van der Waals surface area contributed by atoms with Crippen molar-refractivity contribution < 1.29 is 0 Å². The molecular weight excluding hydrogens is 303 g/mol. The monoisotopic (exact) mass is 310 g/mol. The normalized spacial score (nSPS) is 10.3. The number of rotatable bonds is 2. The van der Waals surface area contributed by atoms with Crippen LogP contribution in [0, 0.1) is 18.3 Å².